The van der Waals surface area contributed by atoms with Crippen molar-refractivity contribution in [1.82, 2.24) is 0 Å². The molecule has 0 aliphatic heterocycles. The second kappa shape index (κ2) is 12.9. The molecule has 0 amide bonds. The molecule has 3 aromatic rings. The summed E-state index contributed by atoms with van der Waals surface area (Å²) in [4.78, 5) is 40.9. The Morgan fingerprint density at radius 1 is 0.757 bits per heavy atom. The second-order valence-electron chi connectivity index (χ2n) is 6.50. The summed E-state index contributed by atoms with van der Waals surface area (Å²) < 4.78 is 41.7. The molecule has 15 heteroatoms. The highest BCUT2D eigenvalue weighted by atomic mass is 19.1. The molecule has 0 saturated heterocycles. The molecule has 0 fully saturated rings. The smallest absolute Gasteiger partial charge is 0.342 e. The maximum absolute atomic E-state index is 12.8. The molecule has 0 atom stereocenters. The summed E-state index contributed by atoms with van der Waals surface area (Å²) in [6.07, 6.45) is 0. The van der Waals surface area contributed by atoms with Crippen LogP contribution in [0.25, 0.3) is 0 Å². The van der Waals surface area contributed by atoms with E-state index in [-0.39, 0.29) is 0 Å². The number of hydrogen-bond donors (Lipinski definition) is 5. The Morgan fingerprint density at radius 2 is 1.16 bits per heavy atom. The minimum absolute atomic E-state index is 0.426. The lowest BCUT2D eigenvalue weighted by Crippen LogP contribution is -2.04. The molecule has 0 aliphatic carbocycles. The first kappa shape index (κ1) is 29.7. The topological polar surface area (TPSA) is 205 Å². The summed E-state index contributed by atoms with van der Waals surface area (Å²) in [5.74, 6) is -7.87. The standard InChI is InChI=1S/C8H6FNO5.2C7H5FO3/c1-15-8(12)5-2-4(9)3-6(7(5)11)10(13)14;2*8-4-1-2-6(9)5(3-4)7(10)11/h2-3,11H,1H3;2*1-3,9H,(H,10,11). The summed E-state index contributed by atoms with van der Waals surface area (Å²) in [5, 5.41) is 54.1. The minimum Gasteiger partial charge on any atom is -0.507 e. The van der Waals surface area contributed by atoms with Crippen LogP contribution in [-0.4, -0.2) is 55.5 Å². The Kier molecular flexibility index (Phi) is 10.4. The molecule has 5 N–H and O–H groups in total. The van der Waals surface area contributed by atoms with Crippen LogP contribution >= 0.6 is 0 Å². The number of esters is 1. The summed E-state index contributed by atoms with van der Waals surface area (Å²) in [5.41, 5.74) is -2.31. The number of ether oxygens (including phenoxy) is 1. The van der Waals surface area contributed by atoms with Gasteiger partial charge in [-0.25, -0.2) is 27.6 Å². The Bertz CT molecular complexity index is 1280. The van der Waals surface area contributed by atoms with E-state index in [1.807, 2.05) is 0 Å². The molecule has 0 spiro atoms. The Hall–Kier alpha value is -5.34. The van der Waals surface area contributed by atoms with Crippen molar-refractivity contribution in [3.05, 3.63) is 92.8 Å². The number of nitro groups is 1. The molecule has 0 radical (unpaired) electrons. The van der Waals surface area contributed by atoms with Gasteiger partial charge in [0, 0.05) is 0 Å². The van der Waals surface area contributed by atoms with Crippen molar-refractivity contribution in [2.45, 2.75) is 0 Å². The highest BCUT2D eigenvalue weighted by Gasteiger charge is 2.23. The van der Waals surface area contributed by atoms with Gasteiger partial charge >= 0.3 is 23.6 Å². The van der Waals surface area contributed by atoms with E-state index in [1.165, 1.54) is 0 Å². The number of hydrogen-bond acceptors (Lipinski definition) is 9. The molecule has 3 aromatic carbocycles. The molecule has 0 unspecified atom stereocenters. The molecule has 37 heavy (non-hydrogen) atoms. The summed E-state index contributed by atoms with van der Waals surface area (Å²) in [6, 6.07) is 6.67. The third-order valence-electron chi connectivity index (χ3n) is 4.03. The van der Waals surface area contributed by atoms with E-state index in [2.05, 4.69) is 4.74 Å². The zero-order chi connectivity index (χ0) is 28.4. The number of aromatic carboxylic acids is 2. The second-order valence-corrected chi connectivity index (χ2v) is 6.50. The number of nitro benzene ring substituents is 1. The van der Waals surface area contributed by atoms with Gasteiger partial charge in [0.25, 0.3) is 0 Å². The van der Waals surface area contributed by atoms with Crippen molar-refractivity contribution < 1.29 is 62.7 Å². The van der Waals surface area contributed by atoms with Gasteiger partial charge in [-0.1, -0.05) is 0 Å². The van der Waals surface area contributed by atoms with E-state index >= 15 is 0 Å². The van der Waals surface area contributed by atoms with Crippen LogP contribution in [0.5, 0.6) is 17.2 Å². The number of nitrogens with zero attached hydrogens (tertiary/aromatic N) is 1. The predicted molar refractivity (Wildman–Crippen MR) is 116 cm³/mol. The molecule has 0 aliphatic rings. The number of carboxylic acids is 2. The van der Waals surface area contributed by atoms with Crippen molar-refractivity contribution in [3.63, 3.8) is 0 Å². The average molecular weight is 527 g/mol. The van der Waals surface area contributed by atoms with Crippen LogP contribution in [0.1, 0.15) is 31.1 Å². The van der Waals surface area contributed by atoms with E-state index in [4.69, 9.17) is 20.4 Å². The van der Waals surface area contributed by atoms with Gasteiger partial charge in [0.2, 0.25) is 5.75 Å². The summed E-state index contributed by atoms with van der Waals surface area (Å²) in [6.45, 7) is 0. The molecule has 12 nitrogen and oxygen atoms in total. The van der Waals surface area contributed by atoms with Crippen LogP contribution in [0, 0.1) is 27.6 Å². The first-order valence-electron chi connectivity index (χ1n) is 9.38. The highest BCUT2D eigenvalue weighted by Crippen LogP contribution is 2.31. The molecule has 0 aromatic heterocycles. The van der Waals surface area contributed by atoms with Crippen molar-refractivity contribution >= 4 is 23.6 Å². The number of benzene rings is 3. The average Bonchev–Trinajstić information content (AvgIpc) is 2.83. The first-order valence-corrected chi connectivity index (χ1v) is 9.38. The largest absolute Gasteiger partial charge is 0.507 e. The van der Waals surface area contributed by atoms with E-state index in [9.17, 15) is 42.8 Å². The molecular weight excluding hydrogens is 511 g/mol. The SMILES string of the molecule is COC(=O)c1cc(F)cc([N+](=O)[O-])c1O.O=C(O)c1cc(F)ccc1O.O=C(O)c1cc(F)ccc1O. The molecule has 0 heterocycles. The van der Waals surface area contributed by atoms with Gasteiger partial charge in [0.15, 0.2) is 0 Å². The third-order valence-corrected chi connectivity index (χ3v) is 4.03. The lowest BCUT2D eigenvalue weighted by atomic mass is 10.1. The number of phenols is 3. The first-order chi connectivity index (χ1) is 17.2. The van der Waals surface area contributed by atoms with Gasteiger partial charge in [-0.15, -0.1) is 0 Å². The molecule has 0 bridgehead atoms. The monoisotopic (exact) mass is 527 g/mol. The van der Waals surface area contributed by atoms with Gasteiger partial charge < -0.3 is 30.3 Å². The Balaban J connectivity index is 0.000000283. The van der Waals surface area contributed by atoms with Crippen LogP contribution in [0.3, 0.4) is 0 Å². The zero-order valence-corrected chi connectivity index (χ0v) is 18.4. The maximum atomic E-state index is 12.8. The highest BCUT2D eigenvalue weighted by molar-refractivity contribution is 5.94. The van der Waals surface area contributed by atoms with Crippen molar-refractivity contribution in [1.29, 1.82) is 0 Å². The maximum Gasteiger partial charge on any atom is 0.342 e. The van der Waals surface area contributed by atoms with E-state index in [0.29, 0.717) is 12.1 Å². The molecular formula is C22H16F3NO11. The number of halogens is 3. The van der Waals surface area contributed by atoms with Crippen LogP contribution in [0.15, 0.2) is 48.5 Å². The van der Waals surface area contributed by atoms with Crippen molar-refractivity contribution in [2.75, 3.05) is 7.11 Å². The number of carbonyl (C=O) groups excluding carboxylic acids is 1. The fraction of sp³-hybridized carbons (Fsp3) is 0.0455. The fourth-order valence-electron chi connectivity index (χ4n) is 2.35. The van der Waals surface area contributed by atoms with Gasteiger partial charge in [0.05, 0.1) is 18.1 Å². The lowest BCUT2D eigenvalue weighted by Gasteiger charge is -2.02. The molecule has 0 saturated carbocycles. The van der Waals surface area contributed by atoms with Crippen LogP contribution in [0.4, 0.5) is 18.9 Å². The van der Waals surface area contributed by atoms with Gasteiger partial charge in [-0.2, -0.15) is 0 Å². The quantitative estimate of drug-likeness (QED) is 0.188. The lowest BCUT2D eigenvalue weighted by molar-refractivity contribution is -0.386. The van der Waals surface area contributed by atoms with Crippen LogP contribution in [-0.2, 0) is 4.74 Å². The summed E-state index contributed by atoms with van der Waals surface area (Å²) in [7, 11) is 1.01. The minimum atomic E-state index is -1.35. The van der Waals surface area contributed by atoms with E-state index < -0.39 is 79.9 Å². The number of carbonyl (C=O) groups is 3. The van der Waals surface area contributed by atoms with Crippen LogP contribution < -0.4 is 0 Å². The fourth-order valence-corrected chi connectivity index (χ4v) is 2.35. The number of aromatic hydroxyl groups is 3. The van der Waals surface area contributed by atoms with Crippen molar-refractivity contribution in [2.24, 2.45) is 0 Å². The van der Waals surface area contributed by atoms with Crippen molar-refractivity contribution in [3.8, 4) is 17.2 Å². The van der Waals surface area contributed by atoms with E-state index in [1.54, 1.807) is 0 Å². The Labute approximate surface area is 204 Å². The number of phenolic OH excluding ortho intramolecular Hbond substituents is 1. The summed E-state index contributed by atoms with van der Waals surface area (Å²) >= 11 is 0. The molecule has 196 valence electrons. The van der Waals surface area contributed by atoms with Gasteiger partial charge in [0.1, 0.15) is 45.6 Å². The molecule has 3 rings (SSSR count). The Morgan fingerprint density at radius 3 is 1.49 bits per heavy atom. The third kappa shape index (κ3) is 8.43. The van der Waals surface area contributed by atoms with Gasteiger partial charge in [-0.3, -0.25) is 10.1 Å². The number of carboxylic acid groups (broad SMARTS) is 2. The number of methoxy groups -OCH3 is 1. The van der Waals surface area contributed by atoms with Crippen LogP contribution in [0.2, 0.25) is 0 Å². The zero-order valence-electron chi connectivity index (χ0n) is 18.4. The van der Waals surface area contributed by atoms with E-state index in [0.717, 1.165) is 43.5 Å². The number of rotatable bonds is 4. The normalized spacial score (nSPS) is 9.62. The van der Waals surface area contributed by atoms with Gasteiger partial charge in [-0.05, 0) is 42.5 Å². The predicted octanol–water partition coefficient (Wildman–Crippen LogP) is 3.69.